The number of fused-ring (bicyclic) bond motifs is 13. The van der Waals surface area contributed by atoms with Gasteiger partial charge in [-0.2, -0.15) is 0 Å². The number of benzene rings is 3. The van der Waals surface area contributed by atoms with Crippen LogP contribution >= 0.6 is 0 Å². The summed E-state index contributed by atoms with van der Waals surface area (Å²) in [6.45, 7) is 2.35. The van der Waals surface area contributed by atoms with Gasteiger partial charge in [0.2, 0.25) is 5.60 Å². The molecule has 0 spiro atoms. The topological polar surface area (TPSA) is 85.9 Å². The second kappa shape index (κ2) is 6.08. The Kier molecular flexibility index (Phi) is 3.44. The lowest BCUT2D eigenvalue weighted by molar-refractivity contribution is -0.199. The van der Waals surface area contributed by atoms with Crippen molar-refractivity contribution < 1.29 is 24.2 Å². The summed E-state index contributed by atoms with van der Waals surface area (Å²) in [6, 6.07) is 15.0. The number of nitrogens with zero attached hydrogens (tertiary/aromatic N) is 3. The highest BCUT2D eigenvalue weighted by atomic mass is 16.6. The van der Waals surface area contributed by atoms with E-state index in [1.165, 1.54) is 7.11 Å². The Morgan fingerprint density at radius 2 is 1.72 bits per heavy atom. The summed E-state index contributed by atoms with van der Waals surface area (Å²) < 4.78 is 15.6. The fourth-order valence-electron chi connectivity index (χ4n) is 7.21. The molecule has 5 heterocycles. The van der Waals surface area contributed by atoms with Gasteiger partial charge in [-0.05, 0) is 24.6 Å². The fraction of sp³-hybridized carbons (Fsp3) is 0.286. The van der Waals surface area contributed by atoms with Crippen molar-refractivity contribution in [1.29, 1.82) is 0 Å². The van der Waals surface area contributed by atoms with Crippen molar-refractivity contribution in [3.05, 3.63) is 59.7 Å². The van der Waals surface area contributed by atoms with Crippen LogP contribution in [0.15, 0.2) is 48.5 Å². The van der Waals surface area contributed by atoms with Crippen molar-refractivity contribution in [3.8, 4) is 0 Å². The molecule has 8 nitrogen and oxygen atoms in total. The van der Waals surface area contributed by atoms with E-state index in [1.807, 2.05) is 64.7 Å². The number of carbonyl (C=O) groups excluding carboxylic acids is 2. The first-order valence-electron chi connectivity index (χ1n) is 12.1. The van der Waals surface area contributed by atoms with Crippen LogP contribution in [0.4, 0.5) is 0 Å². The molecule has 8 rings (SSSR count). The number of para-hydroxylation sites is 2. The molecule has 3 atom stereocenters. The first-order chi connectivity index (χ1) is 17.3. The zero-order valence-corrected chi connectivity index (χ0v) is 20.0. The van der Waals surface area contributed by atoms with Gasteiger partial charge < -0.3 is 28.6 Å². The highest BCUT2D eigenvalue weighted by molar-refractivity contribution is 6.31. The Balaban J connectivity index is 1.76. The Morgan fingerprint density at radius 3 is 2.44 bits per heavy atom. The second-order valence-electron chi connectivity index (χ2n) is 10.3. The third kappa shape index (κ3) is 1.86. The second-order valence-corrected chi connectivity index (χ2v) is 10.3. The van der Waals surface area contributed by atoms with Gasteiger partial charge >= 0.3 is 5.97 Å². The smallest absolute Gasteiger partial charge is 0.345 e. The standard InChI is InChI=1S/C28H23N3O5/c1-27-28(34,26(33)35-3)19(13-36-27)30-17-10-6-4-8-14(17)21-22-16(12-29(2)25(22)32)20-15-9-5-7-11-18(15)31(27)24(20)23(21)30/h4-11,19,34H,12-13H2,1-3H3/t19?,27-,28-/m0/s1. The van der Waals surface area contributed by atoms with Gasteiger partial charge in [-0.25, -0.2) is 4.79 Å². The van der Waals surface area contributed by atoms with Crippen molar-refractivity contribution in [2.24, 2.45) is 0 Å². The maximum absolute atomic E-state index is 13.6. The third-order valence-corrected chi connectivity index (χ3v) is 8.77. The molecule has 3 aliphatic rings. The van der Waals surface area contributed by atoms with Gasteiger partial charge in [0.15, 0.2) is 5.72 Å². The Labute approximate surface area is 205 Å². The molecule has 3 aromatic carbocycles. The lowest BCUT2D eigenvalue weighted by Crippen LogP contribution is -2.59. The number of amides is 1. The van der Waals surface area contributed by atoms with E-state index in [4.69, 9.17) is 9.47 Å². The average molecular weight is 482 g/mol. The molecule has 1 amide bonds. The minimum absolute atomic E-state index is 0.0215. The predicted molar refractivity (Wildman–Crippen MR) is 134 cm³/mol. The molecular formula is C28H23N3O5. The van der Waals surface area contributed by atoms with Gasteiger partial charge in [0.25, 0.3) is 5.91 Å². The fourth-order valence-corrected chi connectivity index (χ4v) is 7.21. The maximum Gasteiger partial charge on any atom is 0.345 e. The molecule has 1 saturated heterocycles. The monoisotopic (exact) mass is 481 g/mol. The van der Waals surface area contributed by atoms with Crippen LogP contribution in [0.2, 0.25) is 0 Å². The van der Waals surface area contributed by atoms with Crippen molar-refractivity contribution in [3.63, 3.8) is 0 Å². The highest BCUT2D eigenvalue weighted by Gasteiger charge is 2.68. The van der Waals surface area contributed by atoms with E-state index in [9.17, 15) is 14.7 Å². The third-order valence-electron chi connectivity index (χ3n) is 8.77. The lowest BCUT2D eigenvalue weighted by Gasteiger charge is -2.38. The first kappa shape index (κ1) is 20.3. The van der Waals surface area contributed by atoms with E-state index >= 15 is 0 Å². The molecule has 5 aromatic rings. The number of esters is 1. The normalized spacial score (nSPS) is 26.6. The number of hydrogen-bond acceptors (Lipinski definition) is 5. The summed E-state index contributed by atoms with van der Waals surface area (Å²) in [7, 11) is 3.12. The summed E-state index contributed by atoms with van der Waals surface area (Å²) in [5.41, 5.74) is 1.56. The SMILES string of the molecule is COC(=O)[C@@]1(O)C2CO[C@]1(C)n1c3ccccc3c3c4c(c5c6ccccc6n2c5c31)C(=O)N(C)C4. The van der Waals surface area contributed by atoms with Crippen molar-refractivity contribution in [1.82, 2.24) is 14.0 Å². The van der Waals surface area contributed by atoms with Crippen LogP contribution in [-0.4, -0.2) is 57.4 Å². The van der Waals surface area contributed by atoms with Gasteiger partial charge in [0.1, 0.15) is 6.04 Å². The van der Waals surface area contributed by atoms with Gasteiger partial charge in [-0.1, -0.05) is 36.4 Å². The molecule has 0 saturated carbocycles. The summed E-state index contributed by atoms with van der Waals surface area (Å²) in [5.74, 6) is -0.771. The molecule has 1 N–H and O–H groups in total. The Bertz CT molecular complexity index is 1870. The first-order valence-corrected chi connectivity index (χ1v) is 12.1. The summed E-state index contributed by atoms with van der Waals surface area (Å²) in [5, 5.41) is 16.1. The van der Waals surface area contributed by atoms with E-state index in [1.54, 1.807) is 11.8 Å². The van der Waals surface area contributed by atoms with E-state index in [-0.39, 0.29) is 12.5 Å². The zero-order valence-electron chi connectivity index (χ0n) is 20.0. The van der Waals surface area contributed by atoms with Gasteiger partial charge in [0.05, 0.1) is 35.8 Å². The summed E-state index contributed by atoms with van der Waals surface area (Å²) in [4.78, 5) is 28.8. The van der Waals surface area contributed by atoms with Crippen LogP contribution in [0, 0.1) is 0 Å². The molecular weight excluding hydrogens is 458 g/mol. The Hall–Kier alpha value is -3.88. The number of aromatic nitrogens is 2. The van der Waals surface area contributed by atoms with E-state index in [0.717, 1.165) is 49.2 Å². The number of carbonyl (C=O) groups is 2. The minimum Gasteiger partial charge on any atom is -0.467 e. The Morgan fingerprint density at radius 1 is 1.06 bits per heavy atom. The van der Waals surface area contributed by atoms with E-state index < -0.39 is 23.3 Å². The van der Waals surface area contributed by atoms with E-state index in [0.29, 0.717) is 12.1 Å². The number of rotatable bonds is 1. The van der Waals surface area contributed by atoms with Crippen LogP contribution in [-0.2, 0) is 26.5 Å². The van der Waals surface area contributed by atoms with Crippen LogP contribution in [0.5, 0.6) is 0 Å². The van der Waals surface area contributed by atoms with Gasteiger partial charge in [0, 0.05) is 40.7 Å². The zero-order chi connectivity index (χ0) is 24.7. The number of hydrogen-bond donors (Lipinski definition) is 1. The molecule has 2 aromatic heterocycles. The molecule has 180 valence electrons. The highest BCUT2D eigenvalue weighted by Crippen LogP contribution is 2.57. The molecule has 2 bridgehead atoms. The largest absolute Gasteiger partial charge is 0.467 e. The van der Waals surface area contributed by atoms with Crippen molar-refractivity contribution in [2.45, 2.75) is 30.8 Å². The molecule has 1 fully saturated rings. The maximum atomic E-state index is 13.6. The molecule has 3 aliphatic heterocycles. The van der Waals surface area contributed by atoms with Crippen LogP contribution in [0.3, 0.4) is 0 Å². The molecule has 36 heavy (non-hydrogen) atoms. The molecule has 0 radical (unpaired) electrons. The molecule has 0 aliphatic carbocycles. The minimum atomic E-state index is -2.02. The van der Waals surface area contributed by atoms with Gasteiger partial charge in [-0.3, -0.25) is 4.79 Å². The van der Waals surface area contributed by atoms with Gasteiger partial charge in [-0.15, -0.1) is 0 Å². The molecule has 8 heteroatoms. The van der Waals surface area contributed by atoms with Crippen LogP contribution in [0.1, 0.15) is 28.9 Å². The average Bonchev–Trinajstić information content (AvgIpc) is 3.55. The van der Waals surface area contributed by atoms with Crippen molar-refractivity contribution >= 4 is 55.5 Å². The molecule has 1 unspecified atom stereocenters. The number of aliphatic hydroxyl groups is 1. The lowest BCUT2D eigenvalue weighted by atomic mass is 9.86. The number of methoxy groups -OCH3 is 1. The predicted octanol–water partition coefficient (Wildman–Crippen LogP) is 3.65. The van der Waals surface area contributed by atoms with Crippen molar-refractivity contribution in [2.75, 3.05) is 20.8 Å². The van der Waals surface area contributed by atoms with Crippen LogP contribution in [0.25, 0.3) is 43.6 Å². The van der Waals surface area contributed by atoms with E-state index in [2.05, 4.69) is 0 Å². The summed E-state index contributed by atoms with van der Waals surface area (Å²) in [6.07, 6.45) is 0. The quantitative estimate of drug-likeness (QED) is 0.370. The summed E-state index contributed by atoms with van der Waals surface area (Å²) >= 11 is 0. The number of ether oxygens (including phenoxy) is 2. The van der Waals surface area contributed by atoms with Crippen LogP contribution < -0.4 is 0 Å².